The molecule has 0 fully saturated rings. The first kappa shape index (κ1) is 9.63. The first-order valence-corrected chi connectivity index (χ1v) is 3.74. The van der Waals surface area contributed by atoms with Crippen LogP contribution in [0.15, 0.2) is 24.4 Å². The highest BCUT2D eigenvalue weighted by Gasteiger charge is 2.08. The molecule has 1 rings (SSSR count). The monoisotopic (exact) mass is 182 g/mol. The van der Waals surface area contributed by atoms with Crippen molar-refractivity contribution < 1.29 is 15.0 Å². The van der Waals surface area contributed by atoms with Crippen molar-refractivity contribution in [1.29, 1.82) is 0 Å². The number of nitrogens with one attached hydrogen (secondary N) is 1. The predicted octanol–water partition coefficient (Wildman–Crippen LogP) is -0.253. The molecule has 0 aliphatic carbocycles. The summed E-state index contributed by atoms with van der Waals surface area (Å²) in [6.45, 7) is -0.294. The smallest absolute Gasteiger partial charge is 0.317 e. The number of hydrogen-bond acceptors (Lipinski definition) is 4. The van der Waals surface area contributed by atoms with Crippen molar-refractivity contribution in [2.24, 2.45) is 0 Å². The van der Waals surface area contributed by atoms with E-state index in [0.29, 0.717) is 5.69 Å². The molecule has 1 unspecified atom stereocenters. The maximum absolute atomic E-state index is 10.1. The van der Waals surface area contributed by atoms with Gasteiger partial charge >= 0.3 is 5.97 Å². The number of carboxylic acids is 1. The van der Waals surface area contributed by atoms with Gasteiger partial charge in [-0.15, -0.1) is 0 Å². The Bertz CT molecular complexity index is 276. The van der Waals surface area contributed by atoms with E-state index in [1.165, 1.54) is 6.20 Å². The van der Waals surface area contributed by atoms with Crippen molar-refractivity contribution >= 4 is 5.97 Å². The Morgan fingerprint density at radius 3 is 2.92 bits per heavy atom. The molecule has 3 N–H and O–H groups in total. The van der Waals surface area contributed by atoms with Crippen LogP contribution in [-0.2, 0) is 4.79 Å². The molecule has 0 amide bonds. The van der Waals surface area contributed by atoms with Crippen LogP contribution in [-0.4, -0.2) is 27.7 Å². The van der Waals surface area contributed by atoms with E-state index in [2.05, 4.69) is 10.3 Å². The highest BCUT2D eigenvalue weighted by atomic mass is 16.4. The average molecular weight is 182 g/mol. The third kappa shape index (κ3) is 3.18. The minimum Gasteiger partial charge on any atom is -0.480 e. The Morgan fingerprint density at radius 1 is 1.62 bits per heavy atom. The van der Waals surface area contributed by atoms with Crippen LogP contribution in [0.4, 0.5) is 0 Å². The number of pyridine rings is 1. The van der Waals surface area contributed by atoms with Crippen molar-refractivity contribution in [2.45, 2.75) is 6.23 Å². The standard InChI is InChI=1S/C8H10N2O3/c11-7(12)5-10-8(13)6-3-1-2-4-9-6/h1-4,8,10,13H,5H2,(H,11,12). The summed E-state index contributed by atoms with van der Waals surface area (Å²) in [6.07, 6.45) is 0.498. The summed E-state index contributed by atoms with van der Waals surface area (Å²) in [5, 5.41) is 20.0. The lowest BCUT2D eigenvalue weighted by atomic mass is 10.3. The SMILES string of the molecule is O=C(O)CNC(O)c1ccccn1. The summed E-state index contributed by atoms with van der Waals surface area (Å²) in [6, 6.07) is 5.04. The third-order valence-electron chi connectivity index (χ3n) is 1.41. The van der Waals surface area contributed by atoms with Gasteiger partial charge in [0.2, 0.25) is 0 Å². The molecule has 0 saturated heterocycles. The summed E-state index contributed by atoms with van der Waals surface area (Å²) in [5.41, 5.74) is 0.406. The van der Waals surface area contributed by atoms with Crippen LogP contribution in [0.5, 0.6) is 0 Å². The maximum Gasteiger partial charge on any atom is 0.317 e. The molecule has 70 valence electrons. The number of aliphatic carboxylic acids is 1. The summed E-state index contributed by atoms with van der Waals surface area (Å²) in [7, 11) is 0. The molecule has 0 spiro atoms. The Balaban J connectivity index is 2.49. The number of rotatable bonds is 4. The lowest BCUT2D eigenvalue weighted by Gasteiger charge is -2.09. The summed E-state index contributed by atoms with van der Waals surface area (Å²) < 4.78 is 0. The molecule has 5 heteroatoms. The van der Waals surface area contributed by atoms with Crippen LogP contribution in [0.2, 0.25) is 0 Å². The highest BCUT2D eigenvalue weighted by Crippen LogP contribution is 2.03. The Hall–Kier alpha value is -1.46. The predicted molar refractivity (Wildman–Crippen MR) is 44.8 cm³/mol. The number of carboxylic acid groups (broad SMARTS) is 1. The fourth-order valence-electron chi connectivity index (χ4n) is 0.826. The number of aliphatic hydroxyl groups excluding tert-OH is 1. The van der Waals surface area contributed by atoms with Crippen LogP contribution >= 0.6 is 0 Å². The molecule has 1 aromatic heterocycles. The molecule has 0 bridgehead atoms. The van der Waals surface area contributed by atoms with Gasteiger partial charge in [0, 0.05) is 6.20 Å². The second-order valence-corrected chi connectivity index (χ2v) is 2.43. The first-order chi connectivity index (χ1) is 6.20. The van der Waals surface area contributed by atoms with Crippen LogP contribution < -0.4 is 5.32 Å². The van der Waals surface area contributed by atoms with E-state index >= 15 is 0 Å². The van der Waals surface area contributed by atoms with Gasteiger partial charge in [-0.25, -0.2) is 0 Å². The van der Waals surface area contributed by atoms with Crippen molar-refractivity contribution in [1.82, 2.24) is 10.3 Å². The number of carbonyl (C=O) groups is 1. The number of hydrogen-bond donors (Lipinski definition) is 3. The summed E-state index contributed by atoms with van der Waals surface area (Å²) in [4.78, 5) is 14.0. The quantitative estimate of drug-likeness (QED) is 0.559. The topological polar surface area (TPSA) is 82.5 Å². The molecule has 0 aliphatic heterocycles. The van der Waals surface area contributed by atoms with Crippen molar-refractivity contribution in [3.8, 4) is 0 Å². The van der Waals surface area contributed by atoms with Gasteiger partial charge in [0.1, 0.15) is 6.23 Å². The van der Waals surface area contributed by atoms with Gasteiger partial charge in [0.05, 0.1) is 12.2 Å². The summed E-state index contributed by atoms with van der Waals surface area (Å²) in [5.74, 6) is -1.02. The van der Waals surface area contributed by atoms with Gasteiger partial charge in [0.25, 0.3) is 0 Å². The van der Waals surface area contributed by atoms with E-state index in [1.807, 2.05) is 0 Å². The Labute approximate surface area is 75.0 Å². The van der Waals surface area contributed by atoms with Gasteiger partial charge in [-0.1, -0.05) is 6.07 Å². The minimum atomic E-state index is -1.03. The zero-order valence-electron chi connectivity index (χ0n) is 6.84. The largest absolute Gasteiger partial charge is 0.480 e. The Morgan fingerprint density at radius 2 is 2.38 bits per heavy atom. The van der Waals surface area contributed by atoms with Crippen molar-refractivity contribution in [3.05, 3.63) is 30.1 Å². The van der Waals surface area contributed by atoms with E-state index in [-0.39, 0.29) is 6.54 Å². The lowest BCUT2D eigenvalue weighted by Crippen LogP contribution is -2.27. The molecular formula is C8H10N2O3. The van der Waals surface area contributed by atoms with Gasteiger partial charge in [-0.05, 0) is 12.1 Å². The molecule has 0 radical (unpaired) electrons. The van der Waals surface area contributed by atoms with E-state index in [1.54, 1.807) is 18.2 Å². The van der Waals surface area contributed by atoms with E-state index < -0.39 is 12.2 Å². The number of nitrogens with zero attached hydrogens (tertiary/aromatic N) is 1. The first-order valence-electron chi connectivity index (χ1n) is 3.74. The second kappa shape index (κ2) is 4.54. The van der Waals surface area contributed by atoms with Gasteiger partial charge in [0.15, 0.2) is 0 Å². The third-order valence-corrected chi connectivity index (χ3v) is 1.41. The highest BCUT2D eigenvalue weighted by molar-refractivity contribution is 5.69. The molecule has 0 aromatic carbocycles. The fraction of sp³-hybridized carbons (Fsp3) is 0.250. The number of aromatic nitrogens is 1. The van der Waals surface area contributed by atoms with Gasteiger partial charge < -0.3 is 10.2 Å². The molecule has 5 nitrogen and oxygen atoms in total. The summed E-state index contributed by atoms with van der Waals surface area (Å²) >= 11 is 0. The molecule has 0 saturated carbocycles. The molecule has 1 aromatic rings. The van der Waals surface area contributed by atoms with Crippen LogP contribution in [0.1, 0.15) is 11.9 Å². The Kier molecular flexibility index (Phi) is 3.36. The zero-order valence-corrected chi connectivity index (χ0v) is 6.84. The van der Waals surface area contributed by atoms with Gasteiger partial charge in [-0.3, -0.25) is 15.1 Å². The van der Waals surface area contributed by atoms with Crippen LogP contribution in [0, 0.1) is 0 Å². The van der Waals surface area contributed by atoms with E-state index in [0.717, 1.165) is 0 Å². The van der Waals surface area contributed by atoms with Crippen molar-refractivity contribution in [2.75, 3.05) is 6.54 Å². The van der Waals surface area contributed by atoms with E-state index in [4.69, 9.17) is 5.11 Å². The number of aliphatic hydroxyl groups is 1. The lowest BCUT2D eigenvalue weighted by molar-refractivity contribution is -0.136. The second-order valence-electron chi connectivity index (χ2n) is 2.43. The average Bonchev–Trinajstić information content (AvgIpc) is 2.15. The maximum atomic E-state index is 10.1. The zero-order chi connectivity index (χ0) is 9.68. The van der Waals surface area contributed by atoms with Crippen LogP contribution in [0.3, 0.4) is 0 Å². The van der Waals surface area contributed by atoms with E-state index in [9.17, 15) is 9.90 Å². The normalized spacial score (nSPS) is 12.4. The molecule has 1 atom stereocenters. The fourth-order valence-corrected chi connectivity index (χ4v) is 0.826. The van der Waals surface area contributed by atoms with Crippen molar-refractivity contribution in [3.63, 3.8) is 0 Å². The molecule has 0 aliphatic rings. The van der Waals surface area contributed by atoms with Gasteiger partial charge in [-0.2, -0.15) is 0 Å². The minimum absolute atomic E-state index is 0.294. The van der Waals surface area contributed by atoms with Crippen LogP contribution in [0.25, 0.3) is 0 Å². The molecule has 1 heterocycles. The molecule has 13 heavy (non-hydrogen) atoms. The molecular weight excluding hydrogens is 172 g/mol.